The number of allylic oxidation sites excluding steroid dienone is 1. The van der Waals surface area contributed by atoms with Crippen LogP contribution in [0.15, 0.2) is 11.6 Å². The van der Waals surface area contributed by atoms with Crippen LogP contribution < -0.4 is 0 Å². The number of ketones is 1. The van der Waals surface area contributed by atoms with E-state index in [9.17, 15) is 10.1 Å². The molecule has 0 saturated heterocycles. The van der Waals surface area contributed by atoms with Gasteiger partial charge in [-0.15, -0.1) is 0 Å². The van der Waals surface area contributed by atoms with E-state index in [4.69, 9.17) is 0 Å². The lowest BCUT2D eigenvalue weighted by Gasteiger charge is -2.56. The summed E-state index contributed by atoms with van der Waals surface area (Å²) in [5.74, 6) is 3.37. The number of nitriles is 1. The number of fused-ring (bicyclic) bond motifs is 5. The van der Waals surface area contributed by atoms with Crippen molar-refractivity contribution in [1.29, 1.82) is 5.26 Å². The molecule has 130 valence electrons. The van der Waals surface area contributed by atoms with Gasteiger partial charge in [0, 0.05) is 6.42 Å². The topological polar surface area (TPSA) is 40.9 Å². The van der Waals surface area contributed by atoms with Crippen LogP contribution in [0.4, 0.5) is 0 Å². The summed E-state index contributed by atoms with van der Waals surface area (Å²) in [6.07, 6.45) is 13.4. The minimum atomic E-state index is -0.0734. The molecule has 3 saturated carbocycles. The van der Waals surface area contributed by atoms with E-state index in [-0.39, 0.29) is 10.8 Å². The predicted octanol–water partition coefficient (Wildman–Crippen LogP) is 5.44. The fraction of sp³-hybridized carbons (Fsp3) is 0.818. The lowest BCUT2D eigenvalue weighted by Crippen LogP contribution is -2.50. The molecule has 0 radical (unpaired) electrons. The molecule has 2 heteroatoms. The highest BCUT2D eigenvalue weighted by atomic mass is 16.1. The number of carbonyl (C=O) groups is 1. The second-order valence-electron chi connectivity index (χ2n) is 8.94. The minimum absolute atomic E-state index is 0.0734. The van der Waals surface area contributed by atoms with Gasteiger partial charge in [0.1, 0.15) is 0 Å². The summed E-state index contributed by atoms with van der Waals surface area (Å²) in [5, 5.41) is 10.1. The molecule has 0 aromatic rings. The van der Waals surface area contributed by atoms with Crippen LogP contribution in [0.25, 0.3) is 0 Å². The Balaban J connectivity index is 1.68. The molecule has 0 aromatic carbocycles. The summed E-state index contributed by atoms with van der Waals surface area (Å²) in [5.41, 5.74) is 1.66. The molecule has 0 amide bonds. The monoisotopic (exact) mass is 325 g/mol. The van der Waals surface area contributed by atoms with Crippen molar-refractivity contribution >= 4 is 5.78 Å². The lowest BCUT2D eigenvalue weighted by atomic mass is 9.47. The second-order valence-corrected chi connectivity index (χ2v) is 8.94. The van der Waals surface area contributed by atoms with Gasteiger partial charge in [0.15, 0.2) is 5.78 Å². The maximum Gasteiger partial charge on any atom is 0.155 e. The molecule has 0 unspecified atom stereocenters. The average molecular weight is 325 g/mol. The fourth-order valence-electron chi connectivity index (χ4n) is 7.68. The van der Waals surface area contributed by atoms with Crippen molar-refractivity contribution in [3.63, 3.8) is 0 Å². The third-order valence-electron chi connectivity index (χ3n) is 8.79. The second kappa shape index (κ2) is 5.72. The van der Waals surface area contributed by atoms with Crippen LogP contribution in [0.1, 0.15) is 78.1 Å². The van der Waals surface area contributed by atoms with E-state index in [0.29, 0.717) is 11.7 Å². The molecule has 0 bridgehead atoms. The van der Waals surface area contributed by atoms with E-state index in [1.54, 1.807) is 0 Å². The highest BCUT2D eigenvalue weighted by molar-refractivity contribution is 5.91. The zero-order valence-electron chi connectivity index (χ0n) is 15.3. The molecule has 4 aliphatic carbocycles. The SMILES string of the molecule is CC[C@]1(C#N)CC[C@H]2[C@@H]3CCC4=CC(=O)CC[C@@H]4[C@H]3CC[C@@]21CC. The minimum Gasteiger partial charge on any atom is -0.295 e. The van der Waals surface area contributed by atoms with Crippen molar-refractivity contribution in [3.8, 4) is 6.07 Å². The Bertz CT molecular complexity index is 614. The Hall–Kier alpha value is -1.10. The van der Waals surface area contributed by atoms with Crippen molar-refractivity contribution in [1.82, 2.24) is 0 Å². The first-order valence-electron chi connectivity index (χ1n) is 10.3. The van der Waals surface area contributed by atoms with Crippen molar-refractivity contribution in [2.75, 3.05) is 0 Å². The number of hydrogen-bond donors (Lipinski definition) is 0. The lowest BCUT2D eigenvalue weighted by molar-refractivity contribution is -0.116. The van der Waals surface area contributed by atoms with E-state index < -0.39 is 0 Å². The summed E-state index contributed by atoms with van der Waals surface area (Å²) in [6.45, 7) is 4.58. The van der Waals surface area contributed by atoms with E-state index in [2.05, 4.69) is 19.9 Å². The van der Waals surface area contributed by atoms with Crippen molar-refractivity contribution in [2.45, 2.75) is 78.1 Å². The molecule has 0 aliphatic heterocycles. The molecule has 24 heavy (non-hydrogen) atoms. The largest absolute Gasteiger partial charge is 0.295 e. The molecular formula is C22H31NO. The first kappa shape index (κ1) is 16.4. The van der Waals surface area contributed by atoms with Gasteiger partial charge in [-0.2, -0.15) is 5.26 Å². The Labute approximate surface area is 146 Å². The molecule has 3 fully saturated rings. The highest BCUT2D eigenvalue weighted by Gasteiger charge is 2.63. The molecule has 6 atom stereocenters. The normalized spacial score (nSPS) is 47.2. The van der Waals surface area contributed by atoms with Crippen molar-refractivity contribution in [3.05, 3.63) is 11.6 Å². The van der Waals surface area contributed by atoms with E-state index in [1.165, 1.54) is 37.7 Å². The van der Waals surface area contributed by atoms with Crippen LogP contribution in [-0.4, -0.2) is 5.78 Å². The van der Waals surface area contributed by atoms with Crippen LogP contribution in [-0.2, 0) is 4.79 Å². The van der Waals surface area contributed by atoms with Crippen LogP contribution in [0.5, 0.6) is 0 Å². The first-order valence-corrected chi connectivity index (χ1v) is 10.3. The standard InChI is InChI=1S/C22H31NO/c1-3-21(14-23)11-10-20-19-7-5-15-13-16(24)6-8-17(15)18(19)9-12-22(20,21)4-2/h13,17-20H,3-12H2,1-2H3/t17-,18+,19+,20-,21+,22-/m0/s1. The third kappa shape index (κ3) is 1.97. The van der Waals surface area contributed by atoms with Gasteiger partial charge in [0.2, 0.25) is 0 Å². The zero-order valence-corrected chi connectivity index (χ0v) is 15.3. The Morgan fingerprint density at radius 2 is 1.92 bits per heavy atom. The smallest absolute Gasteiger partial charge is 0.155 e. The average Bonchev–Trinajstić information content (AvgIpc) is 2.96. The summed E-state index contributed by atoms with van der Waals surface area (Å²) in [6, 6.07) is 2.82. The van der Waals surface area contributed by atoms with Crippen molar-refractivity contribution in [2.24, 2.45) is 34.5 Å². The maximum atomic E-state index is 11.8. The molecule has 0 N–H and O–H groups in total. The van der Waals surface area contributed by atoms with Crippen LogP contribution >= 0.6 is 0 Å². The molecule has 0 heterocycles. The van der Waals surface area contributed by atoms with Gasteiger partial charge in [0.25, 0.3) is 0 Å². The number of carbonyl (C=O) groups excluding carboxylic acids is 1. The Kier molecular flexibility index (Phi) is 3.90. The summed E-state index contributed by atoms with van der Waals surface area (Å²) < 4.78 is 0. The van der Waals surface area contributed by atoms with Crippen LogP contribution in [0.2, 0.25) is 0 Å². The van der Waals surface area contributed by atoms with Crippen LogP contribution in [0, 0.1) is 45.8 Å². The summed E-state index contributed by atoms with van der Waals surface area (Å²) in [7, 11) is 0. The Morgan fingerprint density at radius 1 is 1.08 bits per heavy atom. The number of hydrogen-bond acceptors (Lipinski definition) is 2. The van der Waals surface area contributed by atoms with Crippen molar-refractivity contribution < 1.29 is 4.79 Å². The van der Waals surface area contributed by atoms with Gasteiger partial charge < -0.3 is 0 Å². The number of nitrogens with zero attached hydrogens (tertiary/aromatic N) is 1. The van der Waals surface area contributed by atoms with E-state index >= 15 is 0 Å². The zero-order chi connectivity index (χ0) is 16.9. The maximum absolute atomic E-state index is 11.8. The fourth-order valence-corrected chi connectivity index (χ4v) is 7.68. The van der Waals surface area contributed by atoms with Gasteiger partial charge in [-0.1, -0.05) is 19.4 Å². The Morgan fingerprint density at radius 3 is 2.62 bits per heavy atom. The van der Waals surface area contributed by atoms with Crippen LogP contribution in [0.3, 0.4) is 0 Å². The van der Waals surface area contributed by atoms with Gasteiger partial charge in [-0.05, 0) is 93.0 Å². The molecule has 4 rings (SSSR count). The van der Waals surface area contributed by atoms with E-state index in [0.717, 1.165) is 49.9 Å². The van der Waals surface area contributed by atoms with Gasteiger partial charge in [0.05, 0.1) is 11.5 Å². The highest BCUT2D eigenvalue weighted by Crippen LogP contribution is 2.69. The number of rotatable bonds is 2. The predicted molar refractivity (Wildman–Crippen MR) is 95.0 cm³/mol. The summed E-state index contributed by atoms with van der Waals surface area (Å²) in [4.78, 5) is 11.8. The quantitative estimate of drug-likeness (QED) is 0.678. The van der Waals surface area contributed by atoms with Gasteiger partial charge >= 0.3 is 0 Å². The molecule has 0 aromatic heterocycles. The van der Waals surface area contributed by atoms with E-state index in [1.807, 2.05) is 6.08 Å². The first-order chi connectivity index (χ1) is 11.6. The third-order valence-corrected chi connectivity index (χ3v) is 8.79. The molecular weight excluding hydrogens is 294 g/mol. The molecule has 4 aliphatic rings. The molecule has 2 nitrogen and oxygen atoms in total. The summed E-state index contributed by atoms with van der Waals surface area (Å²) >= 11 is 0. The van der Waals surface area contributed by atoms with Gasteiger partial charge in [-0.3, -0.25) is 4.79 Å². The van der Waals surface area contributed by atoms with Gasteiger partial charge in [-0.25, -0.2) is 0 Å². The molecule has 0 spiro atoms.